The Morgan fingerprint density at radius 3 is 2.18 bits per heavy atom. The van der Waals surface area contributed by atoms with Crippen LogP contribution >= 0.6 is 0 Å². The number of hydrogen-bond acceptors (Lipinski definition) is 10. The first-order valence-corrected chi connectivity index (χ1v) is 18.1. The van der Waals surface area contributed by atoms with Crippen LogP contribution in [0.3, 0.4) is 0 Å². The Morgan fingerprint density at radius 1 is 0.964 bits per heavy atom. The molecule has 0 bridgehead atoms. The number of carboxylic acid groups (broad SMARTS) is 2. The van der Waals surface area contributed by atoms with E-state index >= 15 is 0 Å². The summed E-state index contributed by atoms with van der Waals surface area (Å²) in [6.45, 7) is 6.79. The van der Waals surface area contributed by atoms with Gasteiger partial charge in [0.25, 0.3) is 0 Å². The van der Waals surface area contributed by atoms with Gasteiger partial charge in [0.1, 0.15) is 30.2 Å². The molecule has 2 unspecified atom stereocenters. The van der Waals surface area contributed by atoms with E-state index in [0.717, 1.165) is 5.56 Å². The van der Waals surface area contributed by atoms with Crippen LogP contribution in [0.2, 0.25) is 0 Å². The summed E-state index contributed by atoms with van der Waals surface area (Å²) in [5.41, 5.74) is 4.04. The van der Waals surface area contributed by atoms with E-state index < -0.39 is 71.1 Å². The molecule has 3 aromatic rings. The van der Waals surface area contributed by atoms with Crippen LogP contribution in [-0.4, -0.2) is 91.2 Å². The van der Waals surface area contributed by atoms with Gasteiger partial charge in [-0.3, -0.25) is 19.2 Å². The quantitative estimate of drug-likeness (QED) is 0.0971. The molecule has 0 aromatic heterocycles. The number of nitrogens with zero attached hydrogens (tertiary/aromatic N) is 2. The van der Waals surface area contributed by atoms with Crippen molar-refractivity contribution in [2.75, 3.05) is 11.4 Å². The van der Waals surface area contributed by atoms with Crippen molar-refractivity contribution in [1.82, 2.24) is 15.5 Å². The van der Waals surface area contributed by atoms with Crippen LogP contribution in [-0.2, 0) is 41.7 Å². The second kappa shape index (κ2) is 16.5. The molecule has 2 aliphatic heterocycles. The number of nitrogens with two attached hydrogens (primary N) is 1. The lowest BCUT2D eigenvalue weighted by atomic mass is 9.85. The van der Waals surface area contributed by atoms with E-state index in [2.05, 4.69) is 10.6 Å². The van der Waals surface area contributed by atoms with Gasteiger partial charge in [-0.2, -0.15) is 0 Å². The van der Waals surface area contributed by atoms with Crippen molar-refractivity contribution >= 4 is 41.3 Å². The molecule has 2 heterocycles. The van der Waals surface area contributed by atoms with Crippen molar-refractivity contribution in [3.63, 3.8) is 0 Å². The normalized spacial score (nSPS) is 19.6. The van der Waals surface area contributed by atoms with Crippen molar-refractivity contribution < 1.29 is 53.9 Å². The van der Waals surface area contributed by atoms with Gasteiger partial charge in [-0.1, -0.05) is 69.3 Å². The number of fused-ring (bicyclic) bond motifs is 1. The number of likely N-dealkylation sites (tertiary alicyclic amines) is 1. The molecule has 4 amide bonds. The zero-order chi connectivity index (χ0) is 41.1. The fourth-order valence-electron chi connectivity index (χ4n) is 7.03. The largest absolute Gasteiger partial charge is 0.478 e. The summed E-state index contributed by atoms with van der Waals surface area (Å²) in [5, 5.41) is 45.3. The number of carbonyl (C=O) groups is 6. The number of rotatable bonds is 13. The Labute approximate surface area is 323 Å². The topological polar surface area (TPSA) is 249 Å². The van der Waals surface area contributed by atoms with E-state index in [9.17, 15) is 49.2 Å². The zero-order valence-electron chi connectivity index (χ0n) is 31.5. The van der Waals surface area contributed by atoms with Crippen molar-refractivity contribution in [3.8, 4) is 5.75 Å². The number of ether oxygens (including phenoxy) is 1. The van der Waals surface area contributed by atoms with E-state index in [1.807, 2.05) is 30.3 Å². The summed E-state index contributed by atoms with van der Waals surface area (Å²) in [7, 11) is 0. The number of anilines is 1. The van der Waals surface area contributed by atoms with Crippen LogP contribution in [0.25, 0.3) is 0 Å². The van der Waals surface area contributed by atoms with Gasteiger partial charge >= 0.3 is 17.5 Å². The van der Waals surface area contributed by atoms with Gasteiger partial charge in [0.2, 0.25) is 23.6 Å². The van der Waals surface area contributed by atoms with Gasteiger partial charge < -0.3 is 51.3 Å². The molecule has 1 fully saturated rings. The summed E-state index contributed by atoms with van der Waals surface area (Å²) in [6.07, 6.45) is -3.19. The summed E-state index contributed by atoms with van der Waals surface area (Å²) >= 11 is 0. The number of hydrogen-bond donors (Lipinski definition) is 7. The summed E-state index contributed by atoms with van der Waals surface area (Å²) in [5.74, 6) is -5.67. The Hall–Kier alpha value is -5.84. The Balaban J connectivity index is 1.37. The smallest absolute Gasteiger partial charge is 0.363 e. The number of amides is 4. The highest BCUT2D eigenvalue weighted by Crippen LogP contribution is 2.44. The fourth-order valence-corrected chi connectivity index (χ4v) is 7.03. The summed E-state index contributed by atoms with van der Waals surface area (Å²) < 4.78 is 5.18. The minimum Gasteiger partial charge on any atom is -0.478 e. The van der Waals surface area contributed by atoms with Crippen LogP contribution in [0.5, 0.6) is 5.75 Å². The highest BCUT2D eigenvalue weighted by Gasteiger charge is 2.61. The number of aliphatic carboxylic acids is 2. The molecule has 56 heavy (non-hydrogen) atoms. The average Bonchev–Trinajstić information content (AvgIpc) is 3.70. The molecule has 298 valence electrons. The number of aliphatic hydroxyl groups excluding tert-OH is 2. The lowest BCUT2D eigenvalue weighted by Crippen LogP contribution is -2.58. The van der Waals surface area contributed by atoms with E-state index in [1.54, 1.807) is 45.0 Å². The molecule has 0 saturated carbocycles. The maximum Gasteiger partial charge on any atom is 0.363 e. The van der Waals surface area contributed by atoms with E-state index in [0.29, 0.717) is 16.8 Å². The predicted octanol–water partition coefficient (Wildman–Crippen LogP) is 1.77. The second-order valence-electron chi connectivity index (χ2n) is 15.2. The third-order valence-corrected chi connectivity index (χ3v) is 9.99. The highest BCUT2D eigenvalue weighted by atomic mass is 16.6. The van der Waals surface area contributed by atoms with E-state index in [1.165, 1.54) is 34.9 Å². The maximum absolute atomic E-state index is 14.7. The zero-order valence-corrected chi connectivity index (χ0v) is 31.5. The molecule has 5 rings (SSSR count). The highest BCUT2D eigenvalue weighted by molar-refractivity contribution is 6.04. The van der Waals surface area contributed by atoms with Gasteiger partial charge in [0.15, 0.2) is 0 Å². The average molecular weight is 774 g/mol. The first-order valence-electron chi connectivity index (χ1n) is 18.1. The molecule has 0 spiro atoms. The van der Waals surface area contributed by atoms with Gasteiger partial charge in [-0.05, 0) is 59.2 Å². The molecule has 16 heteroatoms. The van der Waals surface area contributed by atoms with Crippen LogP contribution in [0.1, 0.15) is 75.1 Å². The van der Waals surface area contributed by atoms with Crippen LogP contribution < -0.4 is 26.0 Å². The lowest BCUT2D eigenvalue weighted by molar-refractivity contribution is -0.180. The first kappa shape index (κ1) is 41.3. The molecular weight excluding hydrogens is 726 g/mol. The third-order valence-electron chi connectivity index (χ3n) is 9.99. The molecular formula is C40H47N5O11. The predicted molar refractivity (Wildman–Crippen MR) is 201 cm³/mol. The van der Waals surface area contributed by atoms with E-state index in [4.69, 9.17) is 10.5 Å². The molecule has 0 radical (unpaired) electrons. The number of nitrogens with one attached hydrogen (secondary N) is 2. The number of aliphatic hydroxyl groups is 2. The minimum absolute atomic E-state index is 0.00243. The fraction of sp³-hybridized carbons (Fsp3) is 0.400. The maximum atomic E-state index is 14.7. The Kier molecular flexibility index (Phi) is 12.2. The summed E-state index contributed by atoms with van der Waals surface area (Å²) in [4.78, 5) is 81.4. The minimum atomic E-state index is -2.91. The van der Waals surface area contributed by atoms with Crippen LogP contribution in [0.4, 0.5) is 5.69 Å². The monoisotopic (exact) mass is 773 g/mol. The standard InChI is InChI=1S/C40H47N5O11/c1-22(46)42-26-19-29(35(50)44(20-24-8-6-5-7-9-24)27-14-12-25(13-15-27)34(41)49)45(21-26)36(51)32(39(2,3)4)43-31(47)17-11-23-10-16-30-28(18-23)33(48)40(56-30,37(52)53)38(54)55/h5-10,12-16,18,26,29,32-34,48-49H,11,17,19-21,41H2,1-4H3,(H,42,46)(H,43,47)(H,52,53)(H,54,55)/t26-,29+,32-,33?,34?/m1/s1. The van der Waals surface area contributed by atoms with Gasteiger partial charge in [-0.25, -0.2) is 9.59 Å². The second-order valence-corrected chi connectivity index (χ2v) is 15.2. The number of benzene rings is 3. The molecule has 2 aliphatic rings. The molecule has 8 N–H and O–H groups in total. The van der Waals surface area contributed by atoms with Crippen LogP contribution in [0, 0.1) is 5.41 Å². The van der Waals surface area contributed by atoms with Crippen molar-refractivity contribution in [3.05, 3.63) is 95.1 Å². The van der Waals surface area contributed by atoms with Crippen molar-refractivity contribution in [2.24, 2.45) is 11.1 Å². The van der Waals surface area contributed by atoms with E-state index in [-0.39, 0.29) is 49.6 Å². The third kappa shape index (κ3) is 8.67. The van der Waals surface area contributed by atoms with Gasteiger partial charge in [-0.15, -0.1) is 0 Å². The molecule has 0 aliphatic carbocycles. The number of carboxylic acids is 2. The number of aryl methyl sites for hydroxylation is 1. The lowest BCUT2D eigenvalue weighted by Gasteiger charge is -2.36. The van der Waals surface area contributed by atoms with Crippen LogP contribution in [0.15, 0.2) is 72.8 Å². The Morgan fingerprint density at radius 2 is 1.61 bits per heavy atom. The molecule has 16 nitrogen and oxygen atoms in total. The first-order chi connectivity index (χ1) is 26.3. The number of carbonyl (C=O) groups excluding carboxylic acids is 4. The summed E-state index contributed by atoms with van der Waals surface area (Å²) in [6, 6.07) is 17.3. The Bertz CT molecular complexity index is 1970. The molecule has 5 atom stereocenters. The van der Waals surface area contributed by atoms with Crippen molar-refractivity contribution in [1.29, 1.82) is 0 Å². The SMILES string of the molecule is CC(=O)N[C@@H]1C[C@@H](C(=O)N(Cc2ccccc2)c2ccc(C(N)O)cc2)N(C(=O)[C@@H](NC(=O)CCc2ccc3c(c2)C(O)C(C(=O)O)(C(=O)O)O3)C(C)(C)C)C1. The van der Waals surface area contributed by atoms with Gasteiger partial charge in [0.05, 0.1) is 6.54 Å². The van der Waals surface area contributed by atoms with Gasteiger partial charge in [0, 0.05) is 37.2 Å². The molecule has 3 aromatic carbocycles. The van der Waals surface area contributed by atoms with Crippen molar-refractivity contribution in [2.45, 2.75) is 89.6 Å². The molecule has 1 saturated heterocycles.